The molecule has 0 aromatic heterocycles. The number of sulfonamides is 1. The van der Waals surface area contributed by atoms with Crippen molar-refractivity contribution in [1.29, 1.82) is 0 Å². The maximum atomic E-state index is 12.9. The average Bonchev–Trinajstić information content (AvgIpc) is 2.61. The highest BCUT2D eigenvalue weighted by Crippen LogP contribution is 2.25. The Bertz CT molecular complexity index is 985. The number of anilines is 2. The van der Waals surface area contributed by atoms with Crippen LogP contribution in [0.1, 0.15) is 34.8 Å². The molecule has 0 aliphatic rings. The van der Waals surface area contributed by atoms with E-state index in [1.165, 1.54) is 12.1 Å². The van der Waals surface area contributed by atoms with E-state index < -0.39 is 27.9 Å². The number of aryl methyl sites for hydroxylation is 2. The Morgan fingerprint density at radius 2 is 1.68 bits per heavy atom. The highest BCUT2D eigenvalue weighted by Gasteiger charge is 2.31. The topological polar surface area (TPSA) is 110 Å². The zero-order valence-corrected chi connectivity index (χ0v) is 17.2. The monoisotopic (exact) mass is 403 g/mol. The van der Waals surface area contributed by atoms with Crippen LogP contribution >= 0.6 is 0 Å². The first-order chi connectivity index (χ1) is 13.0. The van der Waals surface area contributed by atoms with Crippen LogP contribution < -0.4 is 15.4 Å². The first kappa shape index (κ1) is 21.4. The summed E-state index contributed by atoms with van der Waals surface area (Å²) in [5.74, 6) is -1.03. The van der Waals surface area contributed by atoms with Crippen molar-refractivity contribution in [2.24, 2.45) is 5.73 Å². The van der Waals surface area contributed by atoms with Gasteiger partial charge in [-0.3, -0.25) is 13.9 Å². The molecule has 0 bridgehead atoms. The molecule has 7 nitrogen and oxygen atoms in total. The van der Waals surface area contributed by atoms with Gasteiger partial charge >= 0.3 is 0 Å². The molecular weight excluding hydrogens is 378 g/mol. The van der Waals surface area contributed by atoms with Gasteiger partial charge in [0.15, 0.2) is 0 Å². The summed E-state index contributed by atoms with van der Waals surface area (Å²) in [6.07, 6.45) is 1.37. The van der Waals surface area contributed by atoms with Gasteiger partial charge in [-0.1, -0.05) is 13.0 Å². The van der Waals surface area contributed by atoms with Gasteiger partial charge in [-0.2, -0.15) is 0 Å². The molecular formula is C20H25N3O4S. The van der Waals surface area contributed by atoms with E-state index in [1.54, 1.807) is 31.2 Å². The largest absolute Gasteiger partial charge is 0.366 e. The van der Waals surface area contributed by atoms with Crippen LogP contribution in [0.5, 0.6) is 0 Å². The van der Waals surface area contributed by atoms with Gasteiger partial charge in [-0.25, -0.2) is 8.42 Å². The fraction of sp³-hybridized carbons (Fsp3) is 0.300. The second-order valence-electron chi connectivity index (χ2n) is 6.68. The molecule has 3 N–H and O–H groups in total. The number of hydrogen-bond acceptors (Lipinski definition) is 4. The average molecular weight is 404 g/mol. The van der Waals surface area contributed by atoms with E-state index in [0.29, 0.717) is 16.9 Å². The number of rotatable bonds is 7. The standard InChI is InChI=1S/C20H25N3O4S/c1-5-18(20(25)22-16-9-7-15(8-10-16)19(21)24)23(28(4,26)27)17-11-6-13(2)14(3)12-17/h6-12,18H,5H2,1-4H3,(H2,21,24)(H,22,25)/t18-/m0/s1. The van der Waals surface area contributed by atoms with E-state index in [-0.39, 0.29) is 6.42 Å². The summed E-state index contributed by atoms with van der Waals surface area (Å²) in [6, 6.07) is 10.4. The summed E-state index contributed by atoms with van der Waals surface area (Å²) < 4.78 is 26.1. The number of carbonyl (C=O) groups excluding carboxylic acids is 2. The molecule has 0 saturated carbocycles. The Morgan fingerprint density at radius 1 is 1.07 bits per heavy atom. The van der Waals surface area contributed by atoms with Crippen LogP contribution in [0.25, 0.3) is 0 Å². The SMILES string of the molecule is CC[C@@H](C(=O)Nc1ccc(C(N)=O)cc1)N(c1ccc(C)c(C)c1)S(C)(=O)=O. The lowest BCUT2D eigenvalue weighted by Crippen LogP contribution is -2.47. The quantitative estimate of drug-likeness (QED) is 0.740. The lowest BCUT2D eigenvalue weighted by Gasteiger charge is -2.30. The normalized spacial score (nSPS) is 12.3. The highest BCUT2D eigenvalue weighted by molar-refractivity contribution is 7.92. The maximum absolute atomic E-state index is 12.9. The van der Waals surface area contributed by atoms with Crippen molar-refractivity contribution in [2.75, 3.05) is 15.9 Å². The predicted molar refractivity (Wildman–Crippen MR) is 111 cm³/mol. The van der Waals surface area contributed by atoms with Gasteiger partial charge in [0.25, 0.3) is 0 Å². The summed E-state index contributed by atoms with van der Waals surface area (Å²) in [4.78, 5) is 24.0. The lowest BCUT2D eigenvalue weighted by atomic mass is 10.1. The molecule has 2 rings (SSSR count). The molecule has 0 spiro atoms. The van der Waals surface area contributed by atoms with Crippen molar-refractivity contribution in [1.82, 2.24) is 0 Å². The summed E-state index contributed by atoms with van der Waals surface area (Å²) in [6.45, 7) is 5.57. The number of hydrogen-bond donors (Lipinski definition) is 2. The van der Waals surface area contributed by atoms with Crippen LogP contribution in [0.15, 0.2) is 42.5 Å². The van der Waals surface area contributed by atoms with Crippen molar-refractivity contribution in [3.05, 3.63) is 59.2 Å². The Balaban J connectivity index is 2.35. The number of amides is 2. The fourth-order valence-corrected chi connectivity index (χ4v) is 4.07. The molecule has 1 atom stereocenters. The Kier molecular flexibility index (Phi) is 6.45. The fourth-order valence-electron chi connectivity index (χ4n) is 2.87. The molecule has 0 aliphatic carbocycles. The third kappa shape index (κ3) is 4.89. The number of nitrogens with one attached hydrogen (secondary N) is 1. The van der Waals surface area contributed by atoms with Gasteiger partial charge in [-0.15, -0.1) is 0 Å². The van der Waals surface area contributed by atoms with Crippen LogP contribution in [0.3, 0.4) is 0 Å². The second kappa shape index (κ2) is 8.43. The number of carbonyl (C=O) groups is 2. The van der Waals surface area contributed by atoms with E-state index in [4.69, 9.17) is 5.73 Å². The zero-order chi connectivity index (χ0) is 21.1. The lowest BCUT2D eigenvalue weighted by molar-refractivity contribution is -0.117. The summed E-state index contributed by atoms with van der Waals surface area (Å²) in [5, 5.41) is 2.71. The first-order valence-corrected chi connectivity index (χ1v) is 10.7. The van der Waals surface area contributed by atoms with E-state index in [2.05, 4.69) is 5.32 Å². The summed E-state index contributed by atoms with van der Waals surface area (Å²) >= 11 is 0. The third-order valence-electron chi connectivity index (χ3n) is 4.51. The molecule has 0 aliphatic heterocycles. The van der Waals surface area contributed by atoms with Gasteiger partial charge in [0, 0.05) is 11.3 Å². The minimum atomic E-state index is -3.70. The van der Waals surface area contributed by atoms with Crippen LogP contribution in [-0.4, -0.2) is 32.5 Å². The third-order valence-corrected chi connectivity index (χ3v) is 5.69. The van der Waals surface area contributed by atoms with Crippen LogP contribution in [0.2, 0.25) is 0 Å². The Labute approximate surface area is 165 Å². The number of primary amides is 1. The second-order valence-corrected chi connectivity index (χ2v) is 8.54. The van der Waals surface area contributed by atoms with Crippen molar-refractivity contribution in [3.63, 3.8) is 0 Å². The molecule has 2 amide bonds. The number of benzene rings is 2. The van der Waals surface area contributed by atoms with E-state index in [9.17, 15) is 18.0 Å². The highest BCUT2D eigenvalue weighted by atomic mass is 32.2. The van der Waals surface area contributed by atoms with E-state index in [1.807, 2.05) is 19.9 Å². The minimum absolute atomic E-state index is 0.283. The predicted octanol–water partition coefficient (Wildman–Crippen LogP) is 2.59. The number of nitrogens with two attached hydrogens (primary N) is 1. The van der Waals surface area contributed by atoms with E-state index >= 15 is 0 Å². The van der Waals surface area contributed by atoms with Crippen LogP contribution in [0, 0.1) is 13.8 Å². The molecule has 0 unspecified atom stereocenters. The smallest absolute Gasteiger partial charge is 0.248 e. The van der Waals surface area contributed by atoms with Crippen LogP contribution in [0.4, 0.5) is 11.4 Å². The first-order valence-electron chi connectivity index (χ1n) is 8.82. The molecule has 0 radical (unpaired) electrons. The zero-order valence-electron chi connectivity index (χ0n) is 16.4. The van der Waals surface area contributed by atoms with Gasteiger partial charge < -0.3 is 11.1 Å². The number of nitrogens with zero attached hydrogens (tertiary/aromatic N) is 1. The summed E-state index contributed by atoms with van der Waals surface area (Å²) in [5.41, 5.74) is 8.38. The molecule has 150 valence electrons. The molecule has 2 aromatic carbocycles. The molecule has 0 fully saturated rings. The molecule has 28 heavy (non-hydrogen) atoms. The van der Waals surface area contributed by atoms with E-state index in [0.717, 1.165) is 21.7 Å². The minimum Gasteiger partial charge on any atom is -0.366 e. The van der Waals surface area contributed by atoms with Gasteiger partial charge in [0.2, 0.25) is 21.8 Å². The van der Waals surface area contributed by atoms with Gasteiger partial charge in [0.1, 0.15) is 6.04 Å². The molecule has 2 aromatic rings. The Morgan fingerprint density at radius 3 is 2.14 bits per heavy atom. The van der Waals surface area contributed by atoms with Crippen LogP contribution in [-0.2, 0) is 14.8 Å². The van der Waals surface area contributed by atoms with Crippen molar-refractivity contribution < 1.29 is 18.0 Å². The Hall–Kier alpha value is -2.87. The van der Waals surface area contributed by atoms with Gasteiger partial charge in [-0.05, 0) is 67.8 Å². The van der Waals surface area contributed by atoms with Gasteiger partial charge in [0.05, 0.1) is 11.9 Å². The van der Waals surface area contributed by atoms with Crippen molar-refractivity contribution >= 4 is 33.2 Å². The van der Waals surface area contributed by atoms with Crippen molar-refractivity contribution in [2.45, 2.75) is 33.2 Å². The maximum Gasteiger partial charge on any atom is 0.248 e. The summed E-state index contributed by atoms with van der Waals surface area (Å²) in [7, 11) is -3.70. The molecule has 0 saturated heterocycles. The van der Waals surface area contributed by atoms with Crippen molar-refractivity contribution in [3.8, 4) is 0 Å². The molecule has 8 heteroatoms. The molecule has 0 heterocycles.